The number of nitrogens with zero attached hydrogens (tertiary/aromatic N) is 3. The molecule has 1 N–H and O–H groups in total. The molecule has 0 fully saturated rings. The van der Waals surface area contributed by atoms with Crippen LogP contribution in [0.25, 0.3) is 0 Å². The Morgan fingerprint density at radius 2 is 2.11 bits per heavy atom. The minimum atomic E-state index is -2.03. The Morgan fingerprint density at radius 1 is 1.37 bits per heavy atom. The molecule has 1 aliphatic rings. The highest BCUT2D eigenvalue weighted by molar-refractivity contribution is 5.44. The highest BCUT2D eigenvalue weighted by Crippen LogP contribution is 2.24. The molecule has 0 heterocycles. The summed E-state index contributed by atoms with van der Waals surface area (Å²) in [6.45, 7) is 1.92. The van der Waals surface area contributed by atoms with E-state index in [4.69, 9.17) is 0 Å². The molecule has 0 spiro atoms. The van der Waals surface area contributed by atoms with Crippen molar-refractivity contribution in [1.82, 2.24) is 0 Å². The number of hydrogen-bond acceptors (Lipinski definition) is 5. The van der Waals surface area contributed by atoms with Crippen molar-refractivity contribution in [2.24, 2.45) is 10.2 Å². The average Bonchev–Trinajstić information content (AvgIpc) is 2.40. The summed E-state index contributed by atoms with van der Waals surface area (Å²) in [6, 6.07) is 7.52. The fourth-order valence-electron chi connectivity index (χ4n) is 1.61. The molecule has 1 aliphatic carbocycles. The van der Waals surface area contributed by atoms with Gasteiger partial charge in [-0.15, -0.1) is 0 Å². The fraction of sp³-hybridized carbons (Fsp3) is 0.231. The molecular weight excluding hydrogens is 246 g/mol. The van der Waals surface area contributed by atoms with E-state index >= 15 is 0 Å². The molecule has 0 amide bonds. The third kappa shape index (κ3) is 2.92. The Hall–Kier alpha value is -2.34. The molecule has 0 bridgehead atoms. The topological polar surface area (TPSA) is 88.1 Å². The number of hydrogen-bond donors (Lipinski definition) is 1. The normalized spacial score (nSPS) is 22.5. The lowest BCUT2D eigenvalue weighted by atomic mass is 10.0. The van der Waals surface area contributed by atoms with Crippen LogP contribution in [0.4, 0.5) is 5.69 Å². The molecule has 0 saturated heterocycles. The largest absolute Gasteiger partial charge is 0.345 e. The summed E-state index contributed by atoms with van der Waals surface area (Å²) in [4.78, 5) is 9.90. The smallest absolute Gasteiger partial charge is 0.327 e. The number of allylic oxidation sites excluding steroid dienone is 1. The maximum atomic E-state index is 10.6. The first kappa shape index (κ1) is 13.1. The molecule has 6 heteroatoms. The molecule has 6 nitrogen and oxygen atoms in total. The lowest BCUT2D eigenvalue weighted by Crippen LogP contribution is -2.36. The van der Waals surface area contributed by atoms with Crippen LogP contribution in [0.5, 0.6) is 0 Å². The van der Waals surface area contributed by atoms with Gasteiger partial charge in [0, 0.05) is 6.08 Å². The Balaban J connectivity index is 2.11. The van der Waals surface area contributed by atoms with Gasteiger partial charge in [0.05, 0.1) is 22.7 Å². The van der Waals surface area contributed by atoms with Crippen LogP contribution in [0.3, 0.4) is 0 Å². The molecule has 0 radical (unpaired) electrons. The maximum absolute atomic E-state index is 10.6. The van der Waals surface area contributed by atoms with E-state index in [0.717, 1.165) is 17.3 Å². The van der Waals surface area contributed by atoms with Crippen LogP contribution in [0, 0.1) is 17.0 Å². The van der Waals surface area contributed by atoms with Crippen LogP contribution >= 0.6 is 0 Å². The summed E-state index contributed by atoms with van der Waals surface area (Å²) in [5.74, 6) is 0. The molecule has 0 aromatic heterocycles. The van der Waals surface area contributed by atoms with Crippen molar-refractivity contribution in [3.8, 4) is 0 Å². The number of aliphatic hydroxyl groups is 1. The molecule has 2 rings (SSSR count). The zero-order chi connectivity index (χ0) is 13.9. The lowest BCUT2D eigenvalue weighted by molar-refractivity contribution is -0.607. The number of azo groups is 1. The summed E-state index contributed by atoms with van der Waals surface area (Å²) in [7, 11) is 0. The molecule has 98 valence electrons. The van der Waals surface area contributed by atoms with Crippen molar-refractivity contribution < 1.29 is 10.0 Å². The van der Waals surface area contributed by atoms with E-state index in [2.05, 4.69) is 10.2 Å². The van der Waals surface area contributed by atoms with Crippen LogP contribution in [0.1, 0.15) is 12.0 Å². The van der Waals surface area contributed by atoms with Gasteiger partial charge >= 0.3 is 5.72 Å². The molecule has 1 unspecified atom stereocenters. The molecule has 1 atom stereocenters. The lowest BCUT2D eigenvalue weighted by Gasteiger charge is -2.15. The summed E-state index contributed by atoms with van der Waals surface area (Å²) < 4.78 is 0. The molecule has 0 aliphatic heterocycles. The summed E-state index contributed by atoms with van der Waals surface area (Å²) in [5.41, 5.74) is 0.205. The van der Waals surface area contributed by atoms with Crippen molar-refractivity contribution in [2.45, 2.75) is 19.1 Å². The average molecular weight is 259 g/mol. The second-order valence-corrected chi connectivity index (χ2v) is 4.29. The van der Waals surface area contributed by atoms with Gasteiger partial charge in [0.15, 0.2) is 0 Å². The van der Waals surface area contributed by atoms with Crippen LogP contribution in [-0.2, 0) is 0 Å². The van der Waals surface area contributed by atoms with Crippen LogP contribution in [0.2, 0.25) is 0 Å². The molecule has 1 aromatic carbocycles. The van der Waals surface area contributed by atoms with E-state index in [1.54, 1.807) is 0 Å². The van der Waals surface area contributed by atoms with Gasteiger partial charge < -0.3 is 5.11 Å². The zero-order valence-corrected chi connectivity index (χ0v) is 10.4. The summed E-state index contributed by atoms with van der Waals surface area (Å²) in [5, 5.41) is 28.3. The minimum absolute atomic E-state index is 0.112. The number of rotatable bonds is 3. The Morgan fingerprint density at radius 3 is 2.68 bits per heavy atom. The third-order valence-electron chi connectivity index (χ3n) is 2.84. The van der Waals surface area contributed by atoms with E-state index in [9.17, 15) is 15.2 Å². The van der Waals surface area contributed by atoms with Gasteiger partial charge in [-0.05, 0) is 30.7 Å². The second-order valence-electron chi connectivity index (χ2n) is 4.29. The summed E-state index contributed by atoms with van der Waals surface area (Å²) >= 11 is 0. The van der Waals surface area contributed by atoms with Gasteiger partial charge in [-0.3, -0.25) is 10.1 Å². The Labute approximate surface area is 109 Å². The Bertz CT molecular complexity index is 593. The van der Waals surface area contributed by atoms with E-state index in [1.165, 1.54) is 12.2 Å². The van der Waals surface area contributed by atoms with Crippen LogP contribution in [-0.4, -0.2) is 15.8 Å². The molecular formula is C13H13N3O3. The Kier molecular flexibility index (Phi) is 3.52. The van der Waals surface area contributed by atoms with Crippen molar-refractivity contribution in [3.63, 3.8) is 0 Å². The minimum Gasteiger partial charge on any atom is -0.327 e. The van der Waals surface area contributed by atoms with Crippen molar-refractivity contribution in [2.75, 3.05) is 0 Å². The second kappa shape index (κ2) is 5.11. The third-order valence-corrected chi connectivity index (χ3v) is 2.84. The predicted octanol–water partition coefficient (Wildman–Crippen LogP) is 2.89. The number of benzene rings is 1. The zero-order valence-electron chi connectivity index (χ0n) is 10.4. The molecule has 1 aromatic rings. The first-order valence-corrected chi connectivity index (χ1v) is 5.75. The van der Waals surface area contributed by atoms with E-state index < -0.39 is 10.6 Å². The summed E-state index contributed by atoms with van der Waals surface area (Å²) in [6.07, 6.45) is 3.90. The standard InChI is InChI=1S/C13H13N3O3/c1-10-4-2-3-5-12(10)15-14-11-6-8-13(17,9-7-11)16(18)19/h2-8,17H,9H2,1H3. The number of nitro groups is 1. The predicted molar refractivity (Wildman–Crippen MR) is 69.5 cm³/mol. The van der Waals surface area contributed by atoms with Gasteiger partial charge in [-0.1, -0.05) is 18.2 Å². The van der Waals surface area contributed by atoms with Crippen molar-refractivity contribution >= 4 is 5.69 Å². The van der Waals surface area contributed by atoms with Crippen LogP contribution < -0.4 is 0 Å². The fourth-order valence-corrected chi connectivity index (χ4v) is 1.61. The quantitative estimate of drug-likeness (QED) is 0.392. The van der Waals surface area contributed by atoms with Gasteiger partial charge in [0.25, 0.3) is 0 Å². The first-order valence-electron chi connectivity index (χ1n) is 5.75. The van der Waals surface area contributed by atoms with Gasteiger partial charge in [0.2, 0.25) is 0 Å². The van der Waals surface area contributed by atoms with Crippen molar-refractivity contribution in [3.05, 3.63) is 63.9 Å². The number of aryl methyl sites for hydroxylation is 1. The monoisotopic (exact) mass is 259 g/mol. The van der Waals surface area contributed by atoms with Gasteiger partial charge in [-0.2, -0.15) is 10.2 Å². The highest BCUT2D eigenvalue weighted by atomic mass is 16.7. The molecule has 19 heavy (non-hydrogen) atoms. The highest BCUT2D eigenvalue weighted by Gasteiger charge is 2.37. The maximum Gasteiger partial charge on any atom is 0.345 e. The van der Waals surface area contributed by atoms with E-state index in [-0.39, 0.29) is 6.42 Å². The molecule has 0 saturated carbocycles. The van der Waals surface area contributed by atoms with E-state index in [1.807, 2.05) is 31.2 Å². The van der Waals surface area contributed by atoms with Crippen LogP contribution in [0.15, 0.2) is 58.4 Å². The first-order chi connectivity index (χ1) is 9.01. The van der Waals surface area contributed by atoms with Gasteiger partial charge in [0.1, 0.15) is 0 Å². The SMILES string of the molecule is Cc1ccccc1N=NC1=CCC(O)([N+](=O)[O-])C=C1. The van der Waals surface area contributed by atoms with Crippen molar-refractivity contribution in [1.29, 1.82) is 0 Å². The van der Waals surface area contributed by atoms with Gasteiger partial charge in [-0.25, -0.2) is 0 Å². The van der Waals surface area contributed by atoms with E-state index in [0.29, 0.717) is 5.70 Å².